The Balaban J connectivity index is 1.29. The Morgan fingerprint density at radius 2 is 2.11 bits per heavy atom. The number of hydrogen-bond acceptors (Lipinski definition) is 4. The fourth-order valence-electron chi connectivity index (χ4n) is 4.98. The first-order chi connectivity index (χ1) is 13.8. The van der Waals surface area contributed by atoms with E-state index in [1.807, 2.05) is 12.3 Å². The average Bonchev–Trinajstić information content (AvgIpc) is 3.12. The van der Waals surface area contributed by atoms with E-state index in [2.05, 4.69) is 55.5 Å². The summed E-state index contributed by atoms with van der Waals surface area (Å²) in [7, 11) is 0. The lowest BCUT2D eigenvalue weighted by Gasteiger charge is -2.24. The van der Waals surface area contributed by atoms with Crippen LogP contribution in [0.3, 0.4) is 0 Å². The van der Waals surface area contributed by atoms with Gasteiger partial charge in [0.15, 0.2) is 5.82 Å². The molecule has 2 fully saturated rings. The van der Waals surface area contributed by atoms with Gasteiger partial charge in [0, 0.05) is 41.6 Å². The number of hydrogen-bond donors (Lipinski definition) is 2. The first-order valence-electron chi connectivity index (χ1n) is 10.7. The molecule has 1 atom stereocenters. The van der Waals surface area contributed by atoms with Gasteiger partial charge in [-0.05, 0) is 80.5 Å². The van der Waals surface area contributed by atoms with E-state index < -0.39 is 0 Å². The van der Waals surface area contributed by atoms with Crippen molar-refractivity contribution in [3.8, 4) is 0 Å². The van der Waals surface area contributed by atoms with Crippen LogP contribution in [-0.2, 0) is 6.42 Å². The van der Waals surface area contributed by atoms with Crippen LogP contribution in [0.15, 0.2) is 42.7 Å². The van der Waals surface area contributed by atoms with Crippen molar-refractivity contribution in [3.63, 3.8) is 0 Å². The molecule has 1 saturated carbocycles. The van der Waals surface area contributed by atoms with Gasteiger partial charge in [0.25, 0.3) is 0 Å². The van der Waals surface area contributed by atoms with Crippen LogP contribution in [0.1, 0.15) is 31.2 Å². The Morgan fingerprint density at radius 1 is 1.14 bits per heavy atom. The van der Waals surface area contributed by atoms with Crippen LogP contribution in [0.4, 0.5) is 17.2 Å². The molecule has 5 heteroatoms. The molecule has 0 spiro atoms. The van der Waals surface area contributed by atoms with Gasteiger partial charge in [-0.3, -0.25) is 4.90 Å². The Bertz CT molecular complexity index is 1010. The van der Waals surface area contributed by atoms with Gasteiger partial charge < -0.3 is 15.2 Å². The minimum absolute atomic E-state index is 0.710. The van der Waals surface area contributed by atoms with Gasteiger partial charge in [0.1, 0.15) is 0 Å². The smallest absolute Gasteiger partial charge is 0.151 e. The van der Waals surface area contributed by atoms with Crippen molar-refractivity contribution in [1.29, 1.82) is 0 Å². The zero-order valence-electron chi connectivity index (χ0n) is 16.2. The second-order valence-corrected chi connectivity index (χ2v) is 8.62. The third-order valence-corrected chi connectivity index (χ3v) is 6.69. The fraction of sp³-hybridized carbons (Fsp3) is 0.435. The molecule has 0 bridgehead atoms. The van der Waals surface area contributed by atoms with Gasteiger partial charge in [0.05, 0.1) is 12.4 Å². The summed E-state index contributed by atoms with van der Waals surface area (Å²) in [5, 5.41) is 4.76. The van der Waals surface area contributed by atoms with Crippen LogP contribution >= 0.6 is 0 Å². The molecule has 2 aliphatic heterocycles. The predicted octanol–water partition coefficient (Wildman–Crippen LogP) is 4.50. The number of nitrogens with one attached hydrogen (secondary N) is 2. The molecule has 1 saturated heterocycles. The van der Waals surface area contributed by atoms with Crippen LogP contribution in [0.2, 0.25) is 0 Å². The molecule has 28 heavy (non-hydrogen) atoms. The van der Waals surface area contributed by atoms with E-state index in [1.54, 1.807) is 0 Å². The number of aromatic nitrogens is 2. The van der Waals surface area contributed by atoms with Crippen molar-refractivity contribution < 1.29 is 0 Å². The molecule has 2 N–H and O–H groups in total. The average molecular weight is 374 g/mol. The van der Waals surface area contributed by atoms with Gasteiger partial charge in [-0.15, -0.1) is 0 Å². The highest BCUT2D eigenvalue weighted by Crippen LogP contribution is 2.37. The molecule has 6 rings (SSSR count). The third kappa shape index (κ3) is 2.85. The number of fused-ring (bicyclic) bond motifs is 2. The van der Waals surface area contributed by atoms with Crippen molar-refractivity contribution in [2.24, 2.45) is 5.92 Å². The zero-order chi connectivity index (χ0) is 18.5. The predicted molar refractivity (Wildman–Crippen MR) is 114 cm³/mol. The SMILES string of the molecule is c1cnc2c(c1)N(c1ccc3[nH]cc(CC4CCCN4CC4CC4)c3c1)CN2. The maximum atomic E-state index is 4.45. The van der Waals surface area contributed by atoms with Crippen molar-refractivity contribution in [1.82, 2.24) is 14.9 Å². The monoisotopic (exact) mass is 373 g/mol. The molecule has 1 unspecified atom stereocenters. The highest BCUT2D eigenvalue weighted by molar-refractivity contribution is 5.89. The summed E-state index contributed by atoms with van der Waals surface area (Å²) in [5.41, 5.74) is 5.09. The molecule has 3 aliphatic rings. The molecule has 144 valence electrons. The summed E-state index contributed by atoms with van der Waals surface area (Å²) in [6.07, 6.45) is 10.8. The minimum Gasteiger partial charge on any atom is -0.361 e. The molecular formula is C23H27N5. The second kappa shape index (κ2) is 6.52. The Kier molecular flexibility index (Phi) is 3.82. The lowest BCUT2D eigenvalue weighted by atomic mass is 10.0. The van der Waals surface area contributed by atoms with Gasteiger partial charge in [-0.1, -0.05) is 0 Å². The number of rotatable bonds is 5. The highest BCUT2D eigenvalue weighted by atomic mass is 15.3. The summed E-state index contributed by atoms with van der Waals surface area (Å²) in [6.45, 7) is 3.38. The molecule has 0 amide bonds. The van der Waals surface area contributed by atoms with Gasteiger partial charge in [-0.2, -0.15) is 0 Å². The lowest BCUT2D eigenvalue weighted by molar-refractivity contribution is 0.243. The molecule has 0 radical (unpaired) electrons. The van der Waals surface area contributed by atoms with E-state index in [1.165, 1.54) is 60.9 Å². The van der Waals surface area contributed by atoms with E-state index in [0.29, 0.717) is 6.04 Å². The molecule has 1 aromatic carbocycles. The van der Waals surface area contributed by atoms with Crippen molar-refractivity contribution in [2.75, 3.05) is 30.0 Å². The number of pyridine rings is 1. The largest absolute Gasteiger partial charge is 0.361 e. The lowest BCUT2D eigenvalue weighted by Crippen LogP contribution is -2.32. The fourth-order valence-corrected chi connectivity index (χ4v) is 4.98. The molecule has 2 aromatic heterocycles. The summed E-state index contributed by atoms with van der Waals surface area (Å²) < 4.78 is 0. The van der Waals surface area contributed by atoms with Crippen molar-refractivity contribution >= 4 is 28.1 Å². The molecule has 3 aromatic rings. The van der Waals surface area contributed by atoms with Crippen LogP contribution in [0.25, 0.3) is 10.9 Å². The Morgan fingerprint density at radius 3 is 3.04 bits per heavy atom. The summed E-state index contributed by atoms with van der Waals surface area (Å²) in [4.78, 5) is 13.0. The minimum atomic E-state index is 0.710. The van der Waals surface area contributed by atoms with Crippen LogP contribution in [0.5, 0.6) is 0 Å². The topological polar surface area (TPSA) is 47.2 Å². The normalized spacial score (nSPS) is 22.0. The van der Waals surface area contributed by atoms with Crippen LogP contribution in [-0.4, -0.2) is 40.7 Å². The number of H-pyrrole nitrogens is 1. The van der Waals surface area contributed by atoms with E-state index in [-0.39, 0.29) is 0 Å². The number of nitrogens with zero attached hydrogens (tertiary/aromatic N) is 3. The second-order valence-electron chi connectivity index (χ2n) is 8.62. The zero-order valence-corrected chi connectivity index (χ0v) is 16.2. The van der Waals surface area contributed by atoms with E-state index in [4.69, 9.17) is 0 Å². The first kappa shape index (κ1) is 16.4. The Hall–Kier alpha value is -2.53. The van der Waals surface area contributed by atoms with Crippen LogP contribution < -0.4 is 10.2 Å². The Labute approximate surface area is 165 Å². The molecule has 5 nitrogen and oxygen atoms in total. The maximum absolute atomic E-state index is 4.45. The standard InChI is InChI=1S/C23H27N5/c1-4-22-23(24-9-1)26-15-28(22)19-7-8-21-20(12-19)17(13-25-21)11-18-3-2-10-27(18)14-16-5-6-16/h1,4,7-9,12-13,16,18,25H,2-3,5-6,10-11,14-15H2,(H,24,26). The van der Waals surface area contributed by atoms with E-state index in [0.717, 1.165) is 30.5 Å². The first-order valence-corrected chi connectivity index (χ1v) is 10.7. The van der Waals surface area contributed by atoms with E-state index >= 15 is 0 Å². The number of likely N-dealkylation sites (tertiary alicyclic amines) is 1. The van der Waals surface area contributed by atoms with Gasteiger partial charge in [0.2, 0.25) is 0 Å². The quantitative estimate of drug-likeness (QED) is 0.691. The molecule has 4 heterocycles. The maximum Gasteiger partial charge on any atom is 0.151 e. The summed E-state index contributed by atoms with van der Waals surface area (Å²) >= 11 is 0. The van der Waals surface area contributed by atoms with E-state index in [9.17, 15) is 0 Å². The summed E-state index contributed by atoms with van der Waals surface area (Å²) in [6, 6.07) is 11.6. The number of anilines is 3. The highest BCUT2D eigenvalue weighted by Gasteiger charge is 2.31. The summed E-state index contributed by atoms with van der Waals surface area (Å²) in [5.74, 6) is 1.95. The number of benzene rings is 1. The van der Waals surface area contributed by atoms with Crippen molar-refractivity contribution in [3.05, 3.63) is 48.3 Å². The number of aromatic amines is 1. The van der Waals surface area contributed by atoms with Gasteiger partial charge in [-0.25, -0.2) is 4.98 Å². The van der Waals surface area contributed by atoms with Crippen molar-refractivity contribution in [2.45, 2.75) is 38.1 Å². The van der Waals surface area contributed by atoms with Crippen LogP contribution in [0, 0.1) is 5.92 Å². The molecular weight excluding hydrogens is 346 g/mol. The van der Waals surface area contributed by atoms with Gasteiger partial charge >= 0.3 is 0 Å². The molecule has 1 aliphatic carbocycles. The third-order valence-electron chi connectivity index (χ3n) is 6.69.